The van der Waals surface area contributed by atoms with Crippen molar-refractivity contribution in [3.63, 3.8) is 0 Å². The number of carbonyl (C=O) groups is 1. The Morgan fingerprint density at radius 3 is 2.30 bits per heavy atom. The average Bonchev–Trinajstić information content (AvgIpc) is 3.31. The van der Waals surface area contributed by atoms with Gasteiger partial charge < -0.3 is 10.6 Å². The van der Waals surface area contributed by atoms with Gasteiger partial charge in [-0.15, -0.1) is 0 Å². The van der Waals surface area contributed by atoms with Gasteiger partial charge in [-0.25, -0.2) is 14.6 Å². The third-order valence-electron chi connectivity index (χ3n) is 5.38. The van der Waals surface area contributed by atoms with Gasteiger partial charge in [-0.3, -0.25) is 4.79 Å². The third kappa shape index (κ3) is 5.20. The molecule has 0 aliphatic carbocycles. The van der Waals surface area contributed by atoms with E-state index in [4.69, 9.17) is 23.2 Å². The number of alkyl halides is 3. The Morgan fingerprint density at radius 1 is 0.892 bits per heavy atom. The van der Waals surface area contributed by atoms with Crippen LogP contribution >= 0.6 is 23.2 Å². The number of halogens is 5. The van der Waals surface area contributed by atoms with Crippen molar-refractivity contribution < 1.29 is 18.0 Å². The maximum Gasteiger partial charge on any atom is 0.417 e. The molecule has 37 heavy (non-hydrogen) atoms. The Morgan fingerprint density at radius 2 is 1.59 bits per heavy atom. The van der Waals surface area contributed by atoms with Crippen LogP contribution in [-0.4, -0.2) is 25.7 Å². The maximum absolute atomic E-state index is 13.1. The van der Waals surface area contributed by atoms with E-state index < -0.39 is 22.7 Å². The lowest BCUT2D eigenvalue weighted by Crippen LogP contribution is -2.13. The quantitative estimate of drug-likeness (QED) is 0.246. The van der Waals surface area contributed by atoms with E-state index in [1.807, 2.05) is 12.1 Å². The number of nitrogens with zero attached hydrogens (tertiary/aromatic N) is 4. The normalized spacial score (nSPS) is 11.5. The van der Waals surface area contributed by atoms with Crippen molar-refractivity contribution in [1.82, 2.24) is 19.7 Å². The second kappa shape index (κ2) is 9.72. The predicted octanol–water partition coefficient (Wildman–Crippen LogP) is 7.14. The van der Waals surface area contributed by atoms with E-state index in [1.54, 1.807) is 35.1 Å². The molecule has 0 fully saturated rings. The first kappa shape index (κ1) is 24.5. The Bertz CT molecular complexity index is 1600. The summed E-state index contributed by atoms with van der Waals surface area (Å²) in [6.45, 7) is 0. The van der Waals surface area contributed by atoms with Crippen LogP contribution < -0.4 is 10.6 Å². The number of hydrogen-bond acceptors (Lipinski definition) is 5. The fourth-order valence-corrected chi connectivity index (χ4v) is 3.93. The lowest BCUT2D eigenvalue weighted by Gasteiger charge is -2.12. The van der Waals surface area contributed by atoms with Gasteiger partial charge in [-0.1, -0.05) is 23.2 Å². The minimum Gasteiger partial charge on any atom is -0.340 e. The molecule has 2 heterocycles. The fraction of sp³-hybridized carbons (Fsp3) is 0.0400. The van der Waals surface area contributed by atoms with E-state index in [-0.39, 0.29) is 11.3 Å². The summed E-state index contributed by atoms with van der Waals surface area (Å²) in [4.78, 5) is 21.2. The molecule has 12 heteroatoms. The summed E-state index contributed by atoms with van der Waals surface area (Å²) in [7, 11) is 0. The van der Waals surface area contributed by atoms with E-state index in [0.717, 1.165) is 17.8 Å². The number of anilines is 3. The molecule has 0 saturated heterocycles. The number of nitrogens with one attached hydrogen (secondary N) is 2. The summed E-state index contributed by atoms with van der Waals surface area (Å²) in [6.07, 6.45) is -1.60. The molecule has 186 valence electrons. The average molecular weight is 543 g/mol. The number of benzene rings is 3. The molecule has 2 N–H and O–H groups in total. The predicted molar refractivity (Wildman–Crippen MR) is 136 cm³/mol. The molecule has 5 aromatic rings. The van der Waals surface area contributed by atoms with Crippen molar-refractivity contribution >= 4 is 57.3 Å². The molecule has 0 radical (unpaired) electrons. The van der Waals surface area contributed by atoms with Crippen LogP contribution in [0.15, 0.2) is 79.3 Å². The van der Waals surface area contributed by atoms with Gasteiger partial charge >= 0.3 is 6.18 Å². The van der Waals surface area contributed by atoms with Crippen LogP contribution in [0.1, 0.15) is 15.9 Å². The molecule has 0 spiro atoms. The topological polar surface area (TPSA) is 84.7 Å². The van der Waals surface area contributed by atoms with E-state index >= 15 is 0 Å². The number of hydrogen-bond donors (Lipinski definition) is 2. The molecule has 3 aromatic carbocycles. The van der Waals surface area contributed by atoms with Crippen LogP contribution in [0.4, 0.5) is 30.4 Å². The first-order valence-electron chi connectivity index (χ1n) is 10.7. The maximum atomic E-state index is 13.1. The molecule has 0 aliphatic rings. The van der Waals surface area contributed by atoms with E-state index in [2.05, 4.69) is 25.7 Å². The largest absolute Gasteiger partial charge is 0.417 e. The van der Waals surface area contributed by atoms with Crippen molar-refractivity contribution in [2.75, 3.05) is 10.6 Å². The molecule has 0 saturated carbocycles. The van der Waals surface area contributed by atoms with Gasteiger partial charge in [0.2, 0.25) is 0 Å². The summed E-state index contributed by atoms with van der Waals surface area (Å²) < 4.78 is 40.9. The Balaban J connectivity index is 1.33. The van der Waals surface area contributed by atoms with Crippen LogP contribution in [0.2, 0.25) is 10.0 Å². The van der Waals surface area contributed by atoms with Crippen LogP contribution in [0.25, 0.3) is 16.7 Å². The van der Waals surface area contributed by atoms with Crippen molar-refractivity contribution in [2.45, 2.75) is 6.18 Å². The Labute approximate surface area is 217 Å². The highest BCUT2D eigenvalue weighted by Gasteiger charge is 2.33. The highest BCUT2D eigenvalue weighted by Crippen LogP contribution is 2.36. The second-order valence-electron chi connectivity index (χ2n) is 7.84. The summed E-state index contributed by atoms with van der Waals surface area (Å²) >= 11 is 11.6. The first-order chi connectivity index (χ1) is 17.7. The van der Waals surface area contributed by atoms with Gasteiger partial charge in [0.05, 0.1) is 27.9 Å². The molecule has 0 unspecified atom stereocenters. The first-order valence-corrected chi connectivity index (χ1v) is 11.4. The van der Waals surface area contributed by atoms with Crippen molar-refractivity contribution in [3.05, 3.63) is 100 Å². The smallest absolute Gasteiger partial charge is 0.340 e. The summed E-state index contributed by atoms with van der Waals surface area (Å²) in [5, 5.41) is 10.9. The fourth-order valence-electron chi connectivity index (χ4n) is 3.58. The summed E-state index contributed by atoms with van der Waals surface area (Å²) in [6, 6.07) is 16.7. The van der Waals surface area contributed by atoms with Crippen LogP contribution in [0.3, 0.4) is 0 Å². The monoisotopic (exact) mass is 542 g/mol. The van der Waals surface area contributed by atoms with Gasteiger partial charge in [0.25, 0.3) is 5.91 Å². The molecule has 0 aliphatic heterocycles. The molecule has 7 nitrogen and oxygen atoms in total. The SMILES string of the molecule is O=C(Nc1ccc(Cl)c(C(F)(F)F)c1)c1ccc(Nc2ncnc3c2cnn3-c2ccc(Cl)cc2)cc1. The zero-order valence-electron chi connectivity index (χ0n) is 18.6. The summed E-state index contributed by atoms with van der Waals surface area (Å²) in [5.74, 6) is -0.0704. The lowest BCUT2D eigenvalue weighted by atomic mass is 10.1. The number of amides is 1. The Hall–Kier alpha value is -4.15. The second-order valence-corrected chi connectivity index (χ2v) is 8.68. The van der Waals surface area contributed by atoms with E-state index in [0.29, 0.717) is 27.6 Å². The Kier molecular flexibility index (Phi) is 6.45. The minimum absolute atomic E-state index is 0.0231. The zero-order valence-corrected chi connectivity index (χ0v) is 20.1. The van der Waals surface area contributed by atoms with Gasteiger partial charge in [0.15, 0.2) is 5.65 Å². The van der Waals surface area contributed by atoms with Crippen molar-refractivity contribution in [1.29, 1.82) is 0 Å². The molecule has 5 rings (SSSR count). The number of carbonyl (C=O) groups excluding carboxylic acids is 1. The van der Waals surface area contributed by atoms with E-state index in [1.165, 1.54) is 24.5 Å². The molecular formula is C25H15Cl2F3N6O. The lowest BCUT2D eigenvalue weighted by molar-refractivity contribution is -0.137. The highest BCUT2D eigenvalue weighted by atomic mass is 35.5. The summed E-state index contributed by atoms with van der Waals surface area (Å²) in [5.41, 5.74) is 1.19. The molecule has 1 amide bonds. The van der Waals surface area contributed by atoms with Crippen molar-refractivity contribution in [2.24, 2.45) is 0 Å². The van der Waals surface area contributed by atoms with Gasteiger partial charge in [-0.2, -0.15) is 18.3 Å². The van der Waals surface area contributed by atoms with Crippen LogP contribution in [0, 0.1) is 0 Å². The zero-order chi connectivity index (χ0) is 26.2. The number of rotatable bonds is 5. The molecule has 0 atom stereocenters. The highest BCUT2D eigenvalue weighted by molar-refractivity contribution is 6.31. The van der Waals surface area contributed by atoms with Crippen LogP contribution in [0.5, 0.6) is 0 Å². The van der Waals surface area contributed by atoms with Gasteiger partial charge in [0, 0.05) is 22.0 Å². The van der Waals surface area contributed by atoms with Gasteiger partial charge in [0.1, 0.15) is 12.1 Å². The van der Waals surface area contributed by atoms with E-state index in [9.17, 15) is 18.0 Å². The van der Waals surface area contributed by atoms with Crippen LogP contribution in [-0.2, 0) is 6.18 Å². The molecule has 0 bridgehead atoms. The van der Waals surface area contributed by atoms with Gasteiger partial charge in [-0.05, 0) is 66.7 Å². The third-order valence-corrected chi connectivity index (χ3v) is 5.96. The standard InChI is InChI=1S/C25H15Cl2F3N6O/c26-15-3-8-18(9-4-15)36-23-19(12-33-36)22(31-13-32-23)34-16-5-1-14(2-6-16)24(37)35-17-7-10-21(27)20(11-17)25(28,29)30/h1-13H,(H,35,37)(H,31,32,34). The minimum atomic E-state index is -4.64. The molecule has 2 aromatic heterocycles. The van der Waals surface area contributed by atoms with Crippen molar-refractivity contribution in [3.8, 4) is 5.69 Å². The molecular weight excluding hydrogens is 528 g/mol. The number of aromatic nitrogens is 4. The number of fused-ring (bicyclic) bond motifs is 1.